The standard InChI is InChI=1S/C19H24F3N5O.HI/c1-24-18(26-16-7-10-27(11-8-16)13-17(23)28)25-9-3-5-14-4-2-6-15(12-14)19(20,21)22;/h2,4,6,12,16H,7-11,13H2,1H3,(H2,23,28)(H2,24,25,26);1H. The Labute approximate surface area is 185 Å². The van der Waals surface area contributed by atoms with Gasteiger partial charge in [-0.1, -0.05) is 17.9 Å². The third-order valence-electron chi connectivity index (χ3n) is 4.30. The first kappa shape index (κ1) is 25.0. The van der Waals surface area contributed by atoms with Crippen LogP contribution in [0.15, 0.2) is 29.3 Å². The molecule has 1 aliphatic rings. The molecule has 1 amide bonds. The molecule has 1 saturated heterocycles. The topological polar surface area (TPSA) is 82.8 Å². The maximum atomic E-state index is 12.7. The highest BCUT2D eigenvalue weighted by Crippen LogP contribution is 2.29. The number of nitrogens with one attached hydrogen (secondary N) is 2. The number of carbonyl (C=O) groups is 1. The Morgan fingerprint density at radius 3 is 2.62 bits per heavy atom. The molecule has 0 bridgehead atoms. The van der Waals surface area contributed by atoms with Crippen LogP contribution >= 0.6 is 24.0 Å². The van der Waals surface area contributed by atoms with Gasteiger partial charge in [0.25, 0.3) is 0 Å². The molecule has 1 aromatic rings. The van der Waals surface area contributed by atoms with Crippen LogP contribution in [0.25, 0.3) is 0 Å². The molecule has 6 nitrogen and oxygen atoms in total. The number of primary amides is 1. The van der Waals surface area contributed by atoms with Crippen molar-refractivity contribution in [2.75, 3.05) is 33.2 Å². The van der Waals surface area contributed by atoms with Crippen molar-refractivity contribution in [1.82, 2.24) is 15.5 Å². The van der Waals surface area contributed by atoms with E-state index in [4.69, 9.17) is 5.73 Å². The van der Waals surface area contributed by atoms with E-state index < -0.39 is 11.7 Å². The van der Waals surface area contributed by atoms with Crippen LogP contribution in [-0.4, -0.2) is 56.0 Å². The first-order valence-electron chi connectivity index (χ1n) is 8.92. The number of hydrogen-bond acceptors (Lipinski definition) is 3. The van der Waals surface area contributed by atoms with Crippen molar-refractivity contribution in [1.29, 1.82) is 0 Å². The summed E-state index contributed by atoms with van der Waals surface area (Å²) in [7, 11) is 1.64. The Kier molecular flexibility index (Phi) is 10.2. The zero-order valence-corrected chi connectivity index (χ0v) is 18.4. The molecule has 0 radical (unpaired) electrons. The minimum Gasteiger partial charge on any atom is -0.369 e. The number of hydrogen-bond donors (Lipinski definition) is 3. The summed E-state index contributed by atoms with van der Waals surface area (Å²) in [4.78, 5) is 17.1. The molecule has 1 fully saturated rings. The van der Waals surface area contributed by atoms with Crippen molar-refractivity contribution in [3.05, 3.63) is 35.4 Å². The van der Waals surface area contributed by atoms with Gasteiger partial charge in [-0.2, -0.15) is 13.2 Å². The van der Waals surface area contributed by atoms with Crippen LogP contribution in [0.3, 0.4) is 0 Å². The highest BCUT2D eigenvalue weighted by atomic mass is 127. The van der Waals surface area contributed by atoms with E-state index in [1.165, 1.54) is 12.1 Å². The van der Waals surface area contributed by atoms with Crippen molar-refractivity contribution in [3.8, 4) is 11.8 Å². The number of halogens is 4. The van der Waals surface area contributed by atoms with Gasteiger partial charge in [-0.25, -0.2) is 0 Å². The number of likely N-dealkylation sites (tertiary alicyclic amines) is 1. The Morgan fingerprint density at radius 2 is 2.03 bits per heavy atom. The maximum Gasteiger partial charge on any atom is 0.416 e. The fraction of sp³-hybridized carbons (Fsp3) is 0.474. The van der Waals surface area contributed by atoms with Gasteiger partial charge in [-0.05, 0) is 31.0 Å². The SMILES string of the molecule is CN=C(NCC#Cc1cccc(C(F)(F)F)c1)NC1CCN(CC(N)=O)CC1.I. The van der Waals surface area contributed by atoms with Crippen LogP contribution in [0.4, 0.5) is 13.2 Å². The molecule has 0 atom stereocenters. The fourth-order valence-electron chi connectivity index (χ4n) is 2.89. The van der Waals surface area contributed by atoms with Gasteiger partial charge in [-0.15, -0.1) is 24.0 Å². The molecule has 0 unspecified atom stereocenters. The number of rotatable bonds is 4. The van der Waals surface area contributed by atoms with Gasteiger partial charge in [0.1, 0.15) is 0 Å². The molecule has 2 rings (SSSR count). The van der Waals surface area contributed by atoms with E-state index in [2.05, 4.69) is 27.5 Å². The molecule has 29 heavy (non-hydrogen) atoms. The number of aliphatic imine (C=N–C) groups is 1. The number of guanidine groups is 1. The summed E-state index contributed by atoms with van der Waals surface area (Å²) in [5, 5.41) is 6.32. The predicted molar refractivity (Wildman–Crippen MR) is 117 cm³/mol. The minimum absolute atomic E-state index is 0. The summed E-state index contributed by atoms with van der Waals surface area (Å²) in [5.74, 6) is 5.77. The van der Waals surface area contributed by atoms with Gasteiger partial charge in [0.15, 0.2) is 5.96 Å². The van der Waals surface area contributed by atoms with Crippen LogP contribution in [0, 0.1) is 11.8 Å². The minimum atomic E-state index is -4.38. The van der Waals surface area contributed by atoms with Gasteiger partial charge in [0.2, 0.25) is 5.91 Å². The number of carbonyl (C=O) groups excluding carboxylic acids is 1. The summed E-state index contributed by atoms with van der Waals surface area (Å²) in [5.41, 5.74) is 4.80. The van der Waals surface area contributed by atoms with Crippen LogP contribution < -0.4 is 16.4 Å². The smallest absolute Gasteiger partial charge is 0.369 e. The summed E-state index contributed by atoms with van der Waals surface area (Å²) in [6.45, 7) is 2.06. The highest BCUT2D eigenvalue weighted by molar-refractivity contribution is 14.0. The molecular weight excluding hydrogens is 498 g/mol. The lowest BCUT2D eigenvalue weighted by molar-refractivity contribution is -0.137. The van der Waals surface area contributed by atoms with E-state index >= 15 is 0 Å². The average molecular weight is 523 g/mol. The summed E-state index contributed by atoms with van der Waals surface area (Å²) in [6, 6.07) is 5.14. The molecule has 160 valence electrons. The van der Waals surface area contributed by atoms with Crippen molar-refractivity contribution >= 4 is 35.8 Å². The largest absolute Gasteiger partial charge is 0.416 e. The Morgan fingerprint density at radius 1 is 1.34 bits per heavy atom. The number of nitrogens with zero attached hydrogens (tertiary/aromatic N) is 2. The van der Waals surface area contributed by atoms with E-state index in [0.717, 1.165) is 38.1 Å². The Hall–Kier alpha value is -2.00. The van der Waals surface area contributed by atoms with Crippen molar-refractivity contribution in [2.24, 2.45) is 10.7 Å². The first-order chi connectivity index (χ1) is 13.3. The number of nitrogens with two attached hydrogens (primary N) is 1. The monoisotopic (exact) mass is 523 g/mol. The van der Waals surface area contributed by atoms with Crippen LogP contribution in [0.2, 0.25) is 0 Å². The van der Waals surface area contributed by atoms with Gasteiger partial charge in [0.05, 0.1) is 18.7 Å². The molecule has 1 heterocycles. The van der Waals surface area contributed by atoms with Gasteiger partial charge >= 0.3 is 6.18 Å². The zero-order chi connectivity index (χ0) is 20.6. The number of benzene rings is 1. The predicted octanol–water partition coefficient (Wildman–Crippen LogP) is 1.79. The van der Waals surface area contributed by atoms with Crippen LogP contribution in [0.5, 0.6) is 0 Å². The molecule has 10 heteroatoms. The molecule has 1 aliphatic heterocycles. The fourth-order valence-corrected chi connectivity index (χ4v) is 2.89. The van der Waals surface area contributed by atoms with Crippen LogP contribution in [0.1, 0.15) is 24.0 Å². The Bertz CT molecular complexity index is 765. The molecular formula is C19H25F3IN5O. The lowest BCUT2D eigenvalue weighted by Gasteiger charge is -2.32. The lowest BCUT2D eigenvalue weighted by atomic mass is 10.1. The zero-order valence-electron chi connectivity index (χ0n) is 16.1. The second kappa shape index (κ2) is 11.9. The average Bonchev–Trinajstić information content (AvgIpc) is 2.65. The lowest BCUT2D eigenvalue weighted by Crippen LogP contribution is -2.49. The van der Waals surface area contributed by atoms with Crippen LogP contribution in [-0.2, 0) is 11.0 Å². The third-order valence-corrected chi connectivity index (χ3v) is 4.30. The second-order valence-corrected chi connectivity index (χ2v) is 6.47. The summed E-state index contributed by atoms with van der Waals surface area (Å²) in [6.07, 6.45) is -2.68. The van der Waals surface area contributed by atoms with Gasteiger partial charge in [-0.3, -0.25) is 14.7 Å². The second-order valence-electron chi connectivity index (χ2n) is 6.47. The van der Waals surface area contributed by atoms with E-state index in [1.54, 1.807) is 7.05 Å². The third kappa shape index (κ3) is 8.91. The molecule has 1 aromatic carbocycles. The quantitative estimate of drug-likeness (QED) is 0.243. The molecule has 0 aromatic heterocycles. The Balaban J connectivity index is 0.00000420. The molecule has 0 saturated carbocycles. The molecule has 0 aliphatic carbocycles. The molecule has 4 N–H and O–H groups in total. The highest BCUT2D eigenvalue weighted by Gasteiger charge is 2.30. The molecule has 0 spiro atoms. The van der Waals surface area contributed by atoms with Gasteiger partial charge in [0, 0.05) is 31.7 Å². The van der Waals surface area contributed by atoms with E-state index in [1.807, 2.05) is 4.90 Å². The van der Waals surface area contributed by atoms with Crippen molar-refractivity contribution in [2.45, 2.75) is 25.1 Å². The summed E-state index contributed by atoms with van der Waals surface area (Å²) < 4.78 is 38.1. The van der Waals surface area contributed by atoms with Crippen molar-refractivity contribution < 1.29 is 18.0 Å². The van der Waals surface area contributed by atoms with E-state index in [9.17, 15) is 18.0 Å². The maximum absolute atomic E-state index is 12.7. The number of alkyl halides is 3. The van der Waals surface area contributed by atoms with E-state index in [-0.39, 0.29) is 49.0 Å². The van der Waals surface area contributed by atoms with Gasteiger partial charge < -0.3 is 16.4 Å². The van der Waals surface area contributed by atoms with Crippen molar-refractivity contribution in [3.63, 3.8) is 0 Å². The first-order valence-corrected chi connectivity index (χ1v) is 8.92. The normalized spacial score (nSPS) is 15.7. The number of piperidine rings is 1. The van der Waals surface area contributed by atoms with E-state index in [0.29, 0.717) is 11.5 Å². The summed E-state index contributed by atoms with van der Waals surface area (Å²) >= 11 is 0. The number of amides is 1.